The zero-order valence-electron chi connectivity index (χ0n) is 19.1. The number of aromatic nitrogens is 4. The second-order valence-corrected chi connectivity index (χ2v) is 11.1. The van der Waals surface area contributed by atoms with Gasteiger partial charge in [-0.1, -0.05) is 13.8 Å². The van der Waals surface area contributed by atoms with Crippen molar-refractivity contribution in [3.63, 3.8) is 0 Å². The first-order valence-corrected chi connectivity index (χ1v) is 12.2. The second kappa shape index (κ2) is 8.23. The van der Waals surface area contributed by atoms with Crippen molar-refractivity contribution in [1.82, 2.24) is 24.6 Å². The first-order valence-electron chi connectivity index (χ1n) is 11.4. The number of anilines is 1. The molecule has 0 aliphatic carbocycles. The van der Waals surface area contributed by atoms with E-state index in [4.69, 9.17) is 0 Å². The minimum Gasteiger partial charge on any atom is -0.355 e. The van der Waals surface area contributed by atoms with Crippen LogP contribution in [0.15, 0.2) is 24.8 Å². The van der Waals surface area contributed by atoms with Crippen molar-refractivity contribution in [2.24, 2.45) is 18.4 Å². The molecule has 2 atom stereocenters. The molecule has 2 aliphatic heterocycles. The predicted molar refractivity (Wildman–Crippen MR) is 123 cm³/mol. The van der Waals surface area contributed by atoms with Gasteiger partial charge in [-0.05, 0) is 31.4 Å². The summed E-state index contributed by atoms with van der Waals surface area (Å²) in [5.41, 5.74) is 1.43. The number of alkyl halides is 3. The monoisotopic (exact) mass is 478 g/mol. The summed E-state index contributed by atoms with van der Waals surface area (Å²) in [7, 11) is 1.95. The molecule has 2 saturated heterocycles. The molecule has 2 aliphatic rings. The lowest BCUT2D eigenvalue weighted by molar-refractivity contribution is -0.126. The van der Waals surface area contributed by atoms with Crippen molar-refractivity contribution in [2.75, 3.05) is 31.1 Å². The highest BCUT2D eigenvalue weighted by Crippen LogP contribution is 2.45. The van der Waals surface area contributed by atoms with Gasteiger partial charge >= 0.3 is 6.18 Å². The molecule has 1 spiro atoms. The fraction of sp³-hybridized carbons (Fsp3) is 0.609. The van der Waals surface area contributed by atoms with Crippen molar-refractivity contribution in [3.05, 3.63) is 35.2 Å². The lowest BCUT2D eigenvalue weighted by atomic mass is 9.86. The third-order valence-corrected chi connectivity index (χ3v) is 8.07. The Morgan fingerprint density at radius 3 is 2.64 bits per heavy atom. The number of hydrogen-bond acceptors (Lipinski definition) is 6. The maximum Gasteiger partial charge on any atom is 0.393 e. The lowest BCUT2D eigenvalue weighted by Crippen LogP contribution is -2.34. The average Bonchev–Trinajstić information content (AvgIpc) is 3.49. The maximum atomic E-state index is 12.9. The number of aryl methyl sites for hydroxylation is 1. The van der Waals surface area contributed by atoms with Crippen molar-refractivity contribution in [3.8, 4) is 0 Å². The van der Waals surface area contributed by atoms with Gasteiger partial charge in [-0.2, -0.15) is 18.3 Å². The van der Waals surface area contributed by atoms with Gasteiger partial charge < -0.3 is 4.90 Å². The minimum absolute atomic E-state index is 0.178. The highest BCUT2D eigenvalue weighted by atomic mass is 32.1. The Balaban J connectivity index is 1.35. The van der Waals surface area contributed by atoms with Crippen molar-refractivity contribution < 1.29 is 13.2 Å². The van der Waals surface area contributed by atoms with Crippen LogP contribution in [0.4, 0.5) is 19.0 Å². The Kier molecular flexibility index (Phi) is 5.63. The van der Waals surface area contributed by atoms with E-state index in [0.717, 1.165) is 61.6 Å². The Hall–Kier alpha value is -2.20. The Morgan fingerprint density at radius 1 is 1.15 bits per heavy atom. The lowest BCUT2D eigenvalue weighted by Gasteiger charge is -2.32. The second-order valence-electron chi connectivity index (χ2n) is 9.95. The van der Waals surface area contributed by atoms with Crippen LogP contribution in [0.3, 0.4) is 0 Å². The van der Waals surface area contributed by atoms with Gasteiger partial charge in [-0.15, -0.1) is 11.3 Å². The molecule has 0 aromatic carbocycles. The number of likely N-dealkylation sites (tertiary alicyclic amines) is 1. The molecule has 3 aromatic heterocycles. The summed E-state index contributed by atoms with van der Waals surface area (Å²) in [6, 6.07) is 1.96. The van der Waals surface area contributed by atoms with Gasteiger partial charge in [-0.3, -0.25) is 9.58 Å². The van der Waals surface area contributed by atoms with Gasteiger partial charge in [0.05, 0.1) is 18.0 Å². The Labute approximate surface area is 195 Å². The first-order chi connectivity index (χ1) is 15.6. The molecule has 3 aromatic rings. The summed E-state index contributed by atoms with van der Waals surface area (Å²) < 4.78 is 40.6. The quantitative estimate of drug-likeness (QED) is 0.526. The maximum absolute atomic E-state index is 12.9. The van der Waals surface area contributed by atoms with Crippen molar-refractivity contribution in [1.29, 1.82) is 0 Å². The predicted octanol–water partition coefficient (Wildman–Crippen LogP) is 4.83. The van der Waals surface area contributed by atoms with Crippen molar-refractivity contribution in [2.45, 2.75) is 45.3 Å². The molecule has 1 unspecified atom stereocenters. The zero-order valence-corrected chi connectivity index (χ0v) is 20.0. The normalized spacial score (nSPS) is 22.9. The number of fused-ring (bicyclic) bond motifs is 1. The van der Waals surface area contributed by atoms with Crippen LogP contribution in [0.5, 0.6) is 0 Å². The number of halogens is 3. The summed E-state index contributed by atoms with van der Waals surface area (Å²) in [4.78, 5) is 14.5. The number of thiophene rings is 1. The van der Waals surface area contributed by atoms with Gasteiger partial charge in [0.2, 0.25) is 0 Å². The summed E-state index contributed by atoms with van der Waals surface area (Å²) >= 11 is 1.11. The highest BCUT2D eigenvalue weighted by Gasteiger charge is 2.46. The van der Waals surface area contributed by atoms with E-state index >= 15 is 0 Å². The smallest absolute Gasteiger partial charge is 0.355 e. The zero-order chi connectivity index (χ0) is 23.4. The summed E-state index contributed by atoms with van der Waals surface area (Å²) in [5.74, 6) is 1.24. The summed E-state index contributed by atoms with van der Waals surface area (Å²) in [6.07, 6.45) is 2.61. The standard InChI is InChI=1S/C23H29F3N6S/c1-15(2)19(16-10-29-30(3)11-16)31-6-4-22(12-31)5-7-32(13-22)20-18-8-17(9-23(24,25)26)33-21(18)28-14-27-20/h8,10-11,14-15,19H,4-7,9,12-13H2,1-3H3/t19-,22?/m1/s1. The SMILES string of the molecule is CC(C)[C@H](c1cnn(C)c1)N1CCC2(CCN(c3ncnc4sc(CC(F)(F)F)cc34)C2)C1. The fourth-order valence-electron chi connectivity index (χ4n) is 5.70. The molecule has 6 nitrogen and oxygen atoms in total. The van der Waals surface area contributed by atoms with E-state index in [1.54, 1.807) is 6.07 Å². The summed E-state index contributed by atoms with van der Waals surface area (Å²) in [5, 5.41) is 5.12. The molecule has 33 heavy (non-hydrogen) atoms. The van der Waals surface area contributed by atoms with E-state index in [9.17, 15) is 13.2 Å². The number of nitrogens with zero attached hydrogens (tertiary/aromatic N) is 6. The van der Waals surface area contributed by atoms with E-state index in [2.05, 4.69) is 44.9 Å². The third-order valence-electron chi connectivity index (χ3n) is 7.03. The molecule has 178 valence electrons. The van der Waals surface area contributed by atoms with Crippen LogP contribution in [-0.4, -0.2) is 57.0 Å². The van der Waals surface area contributed by atoms with Crippen LogP contribution < -0.4 is 4.90 Å². The van der Waals surface area contributed by atoms with Crippen LogP contribution in [-0.2, 0) is 13.5 Å². The van der Waals surface area contributed by atoms with E-state index < -0.39 is 12.6 Å². The van der Waals surface area contributed by atoms with E-state index in [1.165, 1.54) is 11.9 Å². The molecular weight excluding hydrogens is 449 g/mol. The Morgan fingerprint density at radius 2 is 1.94 bits per heavy atom. The molecule has 2 fully saturated rings. The van der Waals surface area contributed by atoms with Crippen LogP contribution >= 0.6 is 11.3 Å². The molecule has 5 rings (SSSR count). The molecular formula is C23H29F3N6S. The van der Waals surface area contributed by atoms with Gasteiger partial charge in [0.15, 0.2) is 0 Å². The van der Waals surface area contributed by atoms with Crippen molar-refractivity contribution >= 4 is 27.4 Å². The molecule has 0 bridgehead atoms. The molecule has 5 heterocycles. The van der Waals surface area contributed by atoms with Crippen LogP contribution in [0.1, 0.15) is 43.2 Å². The van der Waals surface area contributed by atoms with Gasteiger partial charge in [0, 0.05) is 54.8 Å². The van der Waals surface area contributed by atoms with Gasteiger partial charge in [0.1, 0.15) is 17.0 Å². The van der Waals surface area contributed by atoms with E-state index in [0.29, 0.717) is 16.8 Å². The van der Waals surface area contributed by atoms with Crippen LogP contribution in [0.25, 0.3) is 10.2 Å². The third kappa shape index (κ3) is 4.47. The molecule has 0 radical (unpaired) electrons. The number of hydrogen-bond donors (Lipinski definition) is 0. The minimum atomic E-state index is -4.22. The molecule has 0 amide bonds. The van der Waals surface area contributed by atoms with Crippen LogP contribution in [0.2, 0.25) is 0 Å². The average molecular weight is 479 g/mol. The van der Waals surface area contributed by atoms with E-state index in [-0.39, 0.29) is 10.3 Å². The van der Waals surface area contributed by atoms with Gasteiger partial charge in [0.25, 0.3) is 0 Å². The summed E-state index contributed by atoms with van der Waals surface area (Å²) in [6.45, 7) is 8.31. The van der Waals surface area contributed by atoms with Crippen LogP contribution in [0, 0.1) is 11.3 Å². The molecule has 0 N–H and O–H groups in total. The molecule has 10 heteroatoms. The first kappa shape index (κ1) is 22.6. The van der Waals surface area contributed by atoms with E-state index in [1.807, 2.05) is 17.9 Å². The highest BCUT2D eigenvalue weighted by molar-refractivity contribution is 7.18. The van der Waals surface area contributed by atoms with Gasteiger partial charge in [-0.25, -0.2) is 9.97 Å². The fourth-order valence-corrected chi connectivity index (χ4v) is 6.72. The topological polar surface area (TPSA) is 50.1 Å². The Bertz CT molecular complexity index is 1140. The largest absolute Gasteiger partial charge is 0.393 e. The molecule has 0 saturated carbocycles. The number of rotatable bonds is 5.